The first-order valence-corrected chi connectivity index (χ1v) is 6.21. The molecule has 0 radical (unpaired) electrons. The Morgan fingerprint density at radius 1 is 1.06 bits per heavy atom. The Labute approximate surface area is 116 Å². The lowest BCUT2D eigenvalue weighted by Crippen LogP contribution is -2.01. The highest BCUT2D eigenvalue weighted by Crippen LogP contribution is 2.11. The van der Waals surface area contributed by atoms with Crippen molar-refractivity contribution in [3.8, 4) is 0 Å². The fraction of sp³-hybridized carbons (Fsp3) is 0.231. The highest BCUT2D eigenvalue weighted by Gasteiger charge is 2.01. The highest BCUT2D eigenvalue weighted by atomic mass is 35.5. The van der Waals surface area contributed by atoms with E-state index in [1.165, 1.54) is 0 Å². The minimum atomic E-state index is 0.337. The Morgan fingerprint density at radius 2 is 1.78 bits per heavy atom. The number of hydrogen-bond acceptors (Lipinski definition) is 3. The van der Waals surface area contributed by atoms with Crippen molar-refractivity contribution in [3.05, 3.63) is 57.6 Å². The van der Waals surface area contributed by atoms with Gasteiger partial charge in [-0.25, -0.2) is 9.97 Å². The SMILES string of the molecule is Cc1cc(Cl)nc(COCc2ccc(Cl)cc2)n1. The molecule has 5 heteroatoms. The summed E-state index contributed by atoms with van der Waals surface area (Å²) in [6.45, 7) is 2.70. The zero-order valence-electron chi connectivity index (χ0n) is 9.86. The molecule has 94 valence electrons. The van der Waals surface area contributed by atoms with E-state index in [9.17, 15) is 0 Å². The van der Waals surface area contributed by atoms with Gasteiger partial charge in [0, 0.05) is 10.7 Å². The summed E-state index contributed by atoms with van der Waals surface area (Å²) in [6.07, 6.45) is 0. The van der Waals surface area contributed by atoms with Crippen molar-refractivity contribution >= 4 is 23.2 Å². The van der Waals surface area contributed by atoms with Crippen LogP contribution >= 0.6 is 23.2 Å². The monoisotopic (exact) mass is 282 g/mol. The predicted octanol–water partition coefficient (Wildman–Crippen LogP) is 3.81. The second-order valence-electron chi connectivity index (χ2n) is 3.87. The molecule has 1 heterocycles. The molecule has 2 rings (SSSR count). The Hall–Kier alpha value is -1.16. The molecular weight excluding hydrogens is 271 g/mol. The maximum atomic E-state index is 5.84. The fourth-order valence-corrected chi connectivity index (χ4v) is 1.88. The number of halogens is 2. The van der Waals surface area contributed by atoms with Gasteiger partial charge >= 0.3 is 0 Å². The fourth-order valence-electron chi connectivity index (χ4n) is 1.49. The van der Waals surface area contributed by atoms with Gasteiger partial charge in [-0.15, -0.1) is 0 Å². The molecule has 1 aromatic carbocycles. The first kappa shape index (κ1) is 13.3. The van der Waals surface area contributed by atoms with Crippen LogP contribution in [0.25, 0.3) is 0 Å². The van der Waals surface area contributed by atoms with Crippen LogP contribution in [-0.4, -0.2) is 9.97 Å². The molecule has 0 fully saturated rings. The number of rotatable bonds is 4. The van der Waals surface area contributed by atoms with Crippen LogP contribution in [0.15, 0.2) is 30.3 Å². The average molecular weight is 283 g/mol. The van der Waals surface area contributed by atoms with E-state index >= 15 is 0 Å². The molecule has 0 saturated carbocycles. The molecule has 1 aromatic heterocycles. The van der Waals surface area contributed by atoms with Gasteiger partial charge in [0.2, 0.25) is 0 Å². The van der Waals surface area contributed by atoms with Gasteiger partial charge in [0.1, 0.15) is 11.8 Å². The number of aryl methyl sites for hydroxylation is 1. The van der Waals surface area contributed by atoms with Gasteiger partial charge < -0.3 is 4.74 Å². The van der Waals surface area contributed by atoms with E-state index < -0.39 is 0 Å². The number of nitrogens with zero attached hydrogens (tertiary/aromatic N) is 2. The third-order valence-corrected chi connectivity index (χ3v) is 2.73. The lowest BCUT2D eigenvalue weighted by atomic mass is 10.2. The van der Waals surface area contributed by atoms with Crippen LogP contribution in [-0.2, 0) is 18.0 Å². The summed E-state index contributed by atoms with van der Waals surface area (Å²) < 4.78 is 5.53. The van der Waals surface area contributed by atoms with Gasteiger partial charge in [-0.1, -0.05) is 35.3 Å². The minimum absolute atomic E-state index is 0.337. The third-order valence-electron chi connectivity index (χ3n) is 2.28. The summed E-state index contributed by atoms with van der Waals surface area (Å²) in [7, 11) is 0. The van der Waals surface area contributed by atoms with Gasteiger partial charge in [0.15, 0.2) is 5.82 Å². The Balaban J connectivity index is 1.90. The van der Waals surface area contributed by atoms with Gasteiger partial charge in [-0.05, 0) is 30.7 Å². The van der Waals surface area contributed by atoms with Crippen molar-refractivity contribution < 1.29 is 4.74 Å². The molecule has 0 amide bonds. The maximum Gasteiger partial charge on any atom is 0.155 e. The molecule has 0 aliphatic carbocycles. The lowest BCUT2D eigenvalue weighted by molar-refractivity contribution is 0.102. The van der Waals surface area contributed by atoms with E-state index in [1.54, 1.807) is 6.07 Å². The first-order chi connectivity index (χ1) is 8.63. The molecule has 0 atom stereocenters. The zero-order chi connectivity index (χ0) is 13.0. The van der Waals surface area contributed by atoms with Crippen LogP contribution in [0.3, 0.4) is 0 Å². The van der Waals surface area contributed by atoms with Gasteiger partial charge in [0.25, 0.3) is 0 Å². The van der Waals surface area contributed by atoms with E-state index in [2.05, 4.69) is 9.97 Å². The van der Waals surface area contributed by atoms with Crippen molar-refractivity contribution in [2.45, 2.75) is 20.1 Å². The molecule has 0 N–H and O–H groups in total. The van der Waals surface area contributed by atoms with Crippen LogP contribution in [0.5, 0.6) is 0 Å². The van der Waals surface area contributed by atoms with Crippen molar-refractivity contribution in [2.24, 2.45) is 0 Å². The van der Waals surface area contributed by atoms with Crippen LogP contribution in [0.2, 0.25) is 10.2 Å². The van der Waals surface area contributed by atoms with E-state index in [-0.39, 0.29) is 0 Å². The number of benzene rings is 1. The molecule has 0 spiro atoms. The Morgan fingerprint density at radius 3 is 2.44 bits per heavy atom. The normalized spacial score (nSPS) is 10.6. The molecule has 0 bridgehead atoms. The third kappa shape index (κ3) is 3.95. The summed E-state index contributed by atoms with van der Waals surface area (Å²) in [4.78, 5) is 8.33. The molecule has 3 nitrogen and oxygen atoms in total. The largest absolute Gasteiger partial charge is 0.369 e. The second-order valence-corrected chi connectivity index (χ2v) is 4.69. The van der Waals surface area contributed by atoms with E-state index in [0.29, 0.717) is 29.2 Å². The zero-order valence-corrected chi connectivity index (χ0v) is 11.4. The summed E-state index contributed by atoms with van der Waals surface area (Å²) in [5.74, 6) is 0.592. The average Bonchev–Trinajstić information content (AvgIpc) is 2.30. The van der Waals surface area contributed by atoms with Crippen LogP contribution in [0, 0.1) is 6.92 Å². The van der Waals surface area contributed by atoms with Crippen molar-refractivity contribution in [2.75, 3.05) is 0 Å². The highest BCUT2D eigenvalue weighted by molar-refractivity contribution is 6.30. The molecule has 0 aliphatic heterocycles. The van der Waals surface area contributed by atoms with E-state index in [1.807, 2.05) is 31.2 Å². The smallest absolute Gasteiger partial charge is 0.155 e. The lowest BCUT2D eigenvalue weighted by Gasteiger charge is -2.05. The molecule has 0 unspecified atom stereocenters. The van der Waals surface area contributed by atoms with Gasteiger partial charge in [-0.3, -0.25) is 0 Å². The molecule has 2 aromatic rings. The molecular formula is C13H12Cl2N2O. The first-order valence-electron chi connectivity index (χ1n) is 5.46. The summed E-state index contributed by atoms with van der Waals surface area (Å²) in [6, 6.07) is 9.23. The van der Waals surface area contributed by atoms with Crippen molar-refractivity contribution in [3.63, 3.8) is 0 Å². The van der Waals surface area contributed by atoms with Crippen molar-refractivity contribution in [1.82, 2.24) is 9.97 Å². The van der Waals surface area contributed by atoms with Crippen LogP contribution < -0.4 is 0 Å². The Bertz CT molecular complexity index is 509. The van der Waals surface area contributed by atoms with Gasteiger partial charge in [-0.2, -0.15) is 0 Å². The summed E-state index contributed by atoms with van der Waals surface area (Å²) in [5, 5.41) is 1.15. The minimum Gasteiger partial charge on any atom is -0.369 e. The number of hydrogen-bond donors (Lipinski definition) is 0. The molecule has 0 aliphatic rings. The van der Waals surface area contributed by atoms with Crippen molar-refractivity contribution in [1.29, 1.82) is 0 Å². The topological polar surface area (TPSA) is 35.0 Å². The molecule has 18 heavy (non-hydrogen) atoms. The predicted molar refractivity (Wildman–Crippen MR) is 71.7 cm³/mol. The maximum absolute atomic E-state index is 5.84. The van der Waals surface area contributed by atoms with E-state index in [4.69, 9.17) is 27.9 Å². The Kier molecular flexibility index (Phi) is 4.53. The van der Waals surface area contributed by atoms with Crippen LogP contribution in [0.1, 0.15) is 17.1 Å². The molecule has 0 saturated heterocycles. The second kappa shape index (κ2) is 6.14. The van der Waals surface area contributed by atoms with E-state index in [0.717, 1.165) is 11.3 Å². The summed E-state index contributed by atoms with van der Waals surface area (Å²) >= 11 is 11.6. The standard InChI is InChI=1S/C13H12Cl2N2O/c1-9-6-12(15)17-13(16-9)8-18-7-10-2-4-11(14)5-3-10/h2-6H,7-8H2,1H3. The van der Waals surface area contributed by atoms with Crippen LogP contribution in [0.4, 0.5) is 0 Å². The van der Waals surface area contributed by atoms with Gasteiger partial charge in [0.05, 0.1) is 6.61 Å². The number of ether oxygens (including phenoxy) is 1. The number of aromatic nitrogens is 2. The summed E-state index contributed by atoms with van der Waals surface area (Å²) in [5.41, 5.74) is 1.89. The quantitative estimate of drug-likeness (QED) is 0.800.